The highest BCUT2D eigenvalue weighted by Crippen LogP contribution is 2.19. The van der Waals surface area contributed by atoms with Crippen LogP contribution in [-0.4, -0.2) is 26.7 Å². The number of H-pyrrole nitrogens is 1. The Morgan fingerprint density at radius 1 is 1.30 bits per heavy atom. The van der Waals surface area contributed by atoms with Crippen molar-refractivity contribution in [3.63, 3.8) is 0 Å². The summed E-state index contributed by atoms with van der Waals surface area (Å²) in [4.78, 5) is 8.15. The van der Waals surface area contributed by atoms with E-state index in [-0.39, 0.29) is 11.1 Å². The topological polar surface area (TPSA) is 66.5 Å². The van der Waals surface area contributed by atoms with Crippen LogP contribution in [-0.2, 0) is 6.42 Å². The minimum absolute atomic E-state index is 0.148. The van der Waals surface area contributed by atoms with Gasteiger partial charge in [-0.1, -0.05) is 12.1 Å². The number of benzene rings is 1. The van der Waals surface area contributed by atoms with Crippen LogP contribution in [0.15, 0.2) is 30.5 Å². The molecule has 0 aliphatic carbocycles. The summed E-state index contributed by atoms with van der Waals surface area (Å²) in [6, 6.07) is 6.52. The lowest BCUT2D eigenvalue weighted by Gasteiger charge is -2.07. The lowest BCUT2D eigenvalue weighted by atomic mass is 10.1. The molecule has 0 unspecified atom stereocenters. The number of hydrogen-bond acceptors (Lipinski definition) is 4. The van der Waals surface area contributed by atoms with Crippen LogP contribution >= 0.6 is 11.6 Å². The molecule has 2 N–H and O–H groups in total. The first-order valence-electron chi connectivity index (χ1n) is 6.07. The Bertz CT molecular complexity index is 742. The smallest absolute Gasteiger partial charge is 0.226 e. The summed E-state index contributed by atoms with van der Waals surface area (Å²) in [5.41, 5.74) is 1.50. The Balaban J connectivity index is 1.72. The Labute approximate surface area is 119 Å². The molecule has 1 aromatic carbocycles. The van der Waals surface area contributed by atoms with Gasteiger partial charge in [-0.2, -0.15) is 15.1 Å². The zero-order valence-electron chi connectivity index (χ0n) is 10.4. The number of halogens is 2. The first-order chi connectivity index (χ1) is 9.72. The fourth-order valence-electron chi connectivity index (χ4n) is 1.96. The highest BCUT2D eigenvalue weighted by Gasteiger charge is 2.07. The van der Waals surface area contributed by atoms with Crippen LogP contribution in [0.2, 0.25) is 5.28 Å². The molecule has 0 spiro atoms. The van der Waals surface area contributed by atoms with Gasteiger partial charge in [0.2, 0.25) is 5.28 Å². The molecule has 0 aliphatic heterocycles. The fraction of sp³-hybridized carbons (Fsp3) is 0.154. The molecule has 3 rings (SSSR count). The van der Waals surface area contributed by atoms with E-state index in [1.54, 1.807) is 12.3 Å². The van der Waals surface area contributed by atoms with Crippen LogP contribution < -0.4 is 5.32 Å². The molecule has 0 fully saturated rings. The number of nitrogens with zero attached hydrogens (tertiary/aromatic N) is 3. The van der Waals surface area contributed by atoms with Crippen molar-refractivity contribution in [2.75, 3.05) is 11.9 Å². The van der Waals surface area contributed by atoms with Crippen molar-refractivity contribution >= 4 is 28.5 Å². The van der Waals surface area contributed by atoms with Gasteiger partial charge in [-0.3, -0.25) is 5.10 Å². The SMILES string of the molecule is Fc1cccc(CCNc2nc(Cl)nc3[nH]ncc23)c1. The van der Waals surface area contributed by atoms with Crippen molar-refractivity contribution < 1.29 is 4.39 Å². The molecule has 0 bridgehead atoms. The molecule has 102 valence electrons. The summed E-state index contributed by atoms with van der Waals surface area (Å²) in [5, 5.41) is 10.7. The molecule has 0 saturated heterocycles. The number of aromatic amines is 1. The van der Waals surface area contributed by atoms with Crippen molar-refractivity contribution in [3.8, 4) is 0 Å². The fourth-order valence-corrected chi connectivity index (χ4v) is 2.13. The summed E-state index contributed by atoms with van der Waals surface area (Å²) < 4.78 is 13.1. The summed E-state index contributed by atoms with van der Waals surface area (Å²) >= 11 is 5.84. The van der Waals surface area contributed by atoms with Crippen molar-refractivity contribution in [2.24, 2.45) is 0 Å². The van der Waals surface area contributed by atoms with E-state index in [1.165, 1.54) is 12.1 Å². The van der Waals surface area contributed by atoms with Gasteiger partial charge in [-0.15, -0.1) is 0 Å². The van der Waals surface area contributed by atoms with Crippen LogP contribution in [0.4, 0.5) is 10.2 Å². The first kappa shape index (κ1) is 12.8. The number of nitrogens with one attached hydrogen (secondary N) is 2. The minimum Gasteiger partial charge on any atom is -0.369 e. The van der Waals surface area contributed by atoms with Crippen LogP contribution in [0.1, 0.15) is 5.56 Å². The van der Waals surface area contributed by atoms with Gasteiger partial charge in [-0.25, -0.2) is 4.39 Å². The van der Waals surface area contributed by atoms with Crippen LogP contribution in [0.3, 0.4) is 0 Å². The third-order valence-corrected chi connectivity index (χ3v) is 3.05. The summed E-state index contributed by atoms with van der Waals surface area (Å²) in [5.74, 6) is 0.384. The van der Waals surface area contributed by atoms with Crippen molar-refractivity contribution in [2.45, 2.75) is 6.42 Å². The van der Waals surface area contributed by atoms with E-state index in [4.69, 9.17) is 11.6 Å². The second-order valence-corrected chi connectivity index (χ2v) is 4.62. The lowest BCUT2D eigenvalue weighted by molar-refractivity contribution is 0.625. The average molecular weight is 292 g/mol. The predicted octanol–water partition coefficient (Wildman–Crippen LogP) is 2.80. The third kappa shape index (κ3) is 2.70. The number of rotatable bonds is 4. The molecule has 7 heteroatoms. The van der Waals surface area contributed by atoms with E-state index in [1.807, 2.05) is 6.07 Å². The molecule has 5 nitrogen and oxygen atoms in total. The minimum atomic E-state index is -0.232. The molecule has 2 aromatic heterocycles. The third-order valence-electron chi connectivity index (χ3n) is 2.88. The van der Waals surface area contributed by atoms with Gasteiger partial charge < -0.3 is 5.32 Å². The number of fused-ring (bicyclic) bond motifs is 1. The molecular formula is C13H11ClFN5. The summed E-state index contributed by atoms with van der Waals surface area (Å²) in [7, 11) is 0. The molecule has 20 heavy (non-hydrogen) atoms. The molecule has 0 aliphatic rings. The lowest BCUT2D eigenvalue weighted by Crippen LogP contribution is -2.07. The average Bonchev–Trinajstić information content (AvgIpc) is 2.87. The Morgan fingerprint density at radius 2 is 2.20 bits per heavy atom. The number of aromatic nitrogens is 4. The zero-order chi connectivity index (χ0) is 13.9. The van der Waals surface area contributed by atoms with Gasteiger partial charge in [0.1, 0.15) is 11.6 Å². The van der Waals surface area contributed by atoms with E-state index >= 15 is 0 Å². The number of anilines is 1. The molecule has 2 heterocycles. The summed E-state index contributed by atoms with van der Waals surface area (Å²) in [6.07, 6.45) is 2.31. The highest BCUT2D eigenvalue weighted by molar-refractivity contribution is 6.28. The maximum Gasteiger partial charge on any atom is 0.226 e. The molecule has 0 saturated carbocycles. The van der Waals surface area contributed by atoms with Gasteiger partial charge in [-0.05, 0) is 35.7 Å². The quantitative estimate of drug-likeness (QED) is 0.725. The van der Waals surface area contributed by atoms with E-state index in [2.05, 4.69) is 25.5 Å². The maximum atomic E-state index is 13.1. The van der Waals surface area contributed by atoms with Gasteiger partial charge in [0.05, 0.1) is 11.6 Å². The van der Waals surface area contributed by atoms with Crippen molar-refractivity contribution in [1.82, 2.24) is 20.2 Å². The van der Waals surface area contributed by atoms with Crippen molar-refractivity contribution in [1.29, 1.82) is 0 Å². The second-order valence-electron chi connectivity index (χ2n) is 4.28. The zero-order valence-corrected chi connectivity index (χ0v) is 11.2. The largest absolute Gasteiger partial charge is 0.369 e. The van der Waals surface area contributed by atoms with Gasteiger partial charge >= 0.3 is 0 Å². The Hall–Kier alpha value is -2.21. The Morgan fingerprint density at radius 3 is 3.05 bits per heavy atom. The van der Waals surface area contributed by atoms with Gasteiger partial charge in [0.15, 0.2) is 5.65 Å². The normalized spacial score (nSPS) is 10.9. The van der Waals surface area contributed by atoms with Crippen molar-refractivity contribution in [3.05, 3.63) is 47.1 Å². The molecule has 3 aromatic rings. The second kappa shape index (κ2) is 5.42. The number of hydrogen-bond donors (Lipinski definition) is 2. The van der Waals surface area contributed by atoms with Crippen LogP contribution in [0.25, 0.3) is 11.0 Å². The first-order valence-corrected chi connectivity index (χ1v) is 6.45. The van der Waals surface area contributed by atoms with Crippen LogP contribution in [0.5, 0.6) is 0 Å². The maximum absolute atomic E-state index is 13.1. The monoisotopic (exact) mass is 291 g/mol. The molecule has 0 radical (unpaired) electrons. The van der Waals surface area contributed by atoms with Crippen LogP contribution in [0, 0.1) is 5.82 Å². The summed E-state index contributed by atoms with van der Waals surface area (Å²) in [6.45, 7) is 0.608. The molecule has 0 amide bonds. The Kier molecular flexibility index (Phi) is 3.47. The van der Waals surface area contributed by atoms with E-state index in [0.29, 0.717) is 24.4 Å². The predicted molar refractivity (Wildman–Crippen MR) is 75.3 cm³/mol. The van der Waals surface area contributed by atoms with E-state index in [9.17, 15) is 4.39 Å². The molecular weight excluding hydrogens is 281 g/mol. The standard InChI is InChI=1S/C13H11ClFN5/c14-13-18-11(10-7-17-20-12(10)19-13)16-5-4-8-2-1-3-9(15)6-8/h1-3,6-7H,4-5H2,(H2,16,17,18,19,20). The molecule has 0 atom stereocenters. The van der Waals surface area contributed by atoms with E-state index < -0.39 is 0 Å². The van der Waals surface area contributed by atoms with Gasteiger partial charge in [0.25, 0.3) is 0 Å². The van der Waals surface area contributed by atoms with E-state index in [0.717, 1.165) is 10.9 Å². The highest BCUT2D eigenvalue weighted by atomic mass is 35.5. The van der Waals surface area contributed by atoms with Gasteiger partial charge in [0, 0.05) is 6.54 Å².